The molecule has 1 heterocycles. The summed E-state index contributed by atoms with van der Waals surface area (Å²) in [6, 6.07) is 2.26. The molecule has 0 spiro atoms. The van der Waals surface area contributed by atoms with Crippen LogP contribution in [0.5, 0.6) is 0 Å². The van der Waals surface area contributed by atoms with Gasteiger partial charge >= 0.3 is 6.09 Å². The zero-order valence-corrected chi connectivity index (χ0v) is 16.8. The molecule has 1 atom stereocenters. The van der Waals surface area contributed by atoms with Crippen LogP contribution in [0, 0.1) is 5.82 Å². The van der Waals surface area contributed by atoms with Crippen molar-refractivity contribution in [1.29, 1.82) is 0 Å². The minimum atomic E-state index is -1.24. The van der Waals surface area contributed by atoms with Gasteiger partial charge in [-0.05, 0) is 32.0 Å². The molecule has 0 saturated carbocycles. The van der Waals surface area contributed by atoms with E-state index < -0.39 is 35.7 Å². The highest BCUT2D eigenvalue weighted by Gasteiger charge is 2.39. The van der Waals surface area contributed by atoms with Gasteiger partial charge in [0.2, 0.25) is 11.8 Å². The van der Waals surface area contributed by atoms with Crippen LogP contribution in [-0.4, -0.2) is 82.4 Å². The maximum absolute atomic E-state index is 13.9. The molecule has 0 unspecified atom stereocenters. The molecular weight excluding hydrogens is 383 g/mol. The van der Waals surface area contributed by atoms with E-state index in [9.17, 15) is 28.7 Å². The van der Waals surface area contributed by atoms with Gasteiger partial charge < -0.3 is 20.2 Å². The lowest BCUT2D eigenvalue weighted by Gasteiger charge is -2.41. The maximum atomic E-state index is 13.9. The van der Waals surface area contributed by atoms with Gasteiger partial charge in [-0.2, -0.15) is 0 Å². The number of benzene rings is 1. The Balaban J connectivity index is 2.28. The number of hydrogen-bond acceptors (Lipinski definition) is 4. The highest BCUT2D eigenvalue weighted by Crippen LogP contribution is 2.20. The molecule has 0 bridgehead atoms. The summed E-state index contributed by atoms with van der Waals surface area (Å²) in [4.78, 5) is 52.2. The fraction of sp³-hybridized carbons (Fsp3) is 0.474. The number of nitrogens with zero attached hydrogens (tertiary/aromatic N) is 3. The lowest BCUT2D eigenvalue weighted by molar-refractivity contribution is -0.138. The number of piperazine rings is 1. The number of carbonyl (C=O) groups excluding carboxylic acids is 3. The molecule has 1 aromatic carbocycles. The third-order valence-corrected chi connectivity index (χ3v) is 4.79. The van der Waals surface area contributed by atoms with Crippen molar-refractivity contribution in [2.45, 2.75) is 32.9 Å². The van der Waals surface area contributed by atoms with Crippen LogP contribution in [0.3, 0.4) is 0 Å². The Morgan fingerprint density at radius 1 is 1.21 bits per heavy atom. The van der Waals surface area contributed by atoms with Crippen LogP contribution >= 0.6 is 0 Å². The molecule has 1 aromatic rings. The predicted octanol–water partition coefficient (Wildman–Crippen LogP) is 1.46. The number of halogens is 1. The molecular formula is C19H25FN4O5. The zero-order valence-electron chi connectivity index (χ0n) is 16.8. The van der Waals surface area contributed by atoms with Crippen LogP contribution in [0.4, 0.5) is 14.9 Å². The van der Waals surface area contributed by atoms with Crippen LogP contribution < -0.4 is 5.32 Å². The molecule has 2 rings (SSSR count). The van der Waals surface area contributed by atoms with E-state index in [1.165, 1.54) is 22.8 Å². The van der Waals surface area contributed by atoms with E-state index in [4.69, 9.17) is 0 Å². The molecule has 10 heteroatoms. The molecule has 2 N–H and O–H groups in total. The standard InChI is InChI=1S/C19H25FN4O5/c1-11(2)22(4)18(27)16-10-23(5-6-24(16)19(28)29)17(26)13-7-14(20)9-15(8-13)21-12(3)25/h7-9,11,16H,5-6,10H2,1-4H3,(H,21,25)(H,28,29)/t16-/m0/s1. The van der Waals surface area contributed by atoms with Gasteiger partial charge in [0.1, 0.15) is 11.9 Å². The first-order valence-electron chi connectivity index (χ1n) is 9.15. The van der Waals surface area contributed by atoms with Crippen molar-refractivity contribution in [2.24, 2.45) is 0 Å². The van der Waals surface area contributed by atoms with Crippen molar-refractivity contribution < 1.29 is 28.7 Å². The molecule has 158 valence electrons. The normalized spacial score (nSPS) is 16.6. The third kappa shape index (κ3) is 5.21. The minimum Gasteiger partial charge on any atom is -0.465 e. The smallest absolute Gasteiger partial charge is 0.408 e. The van der Waals surface area contributed by atoms with Gasteiger partial charge in [0.15, 0.2) is 0 Å². The lowest BCUT2D eigenvalue weighted by Crippen LogP contribution is -2.62. The number of carboxylic acid groups (broad SMARTS) is 1. The average Bonchev–Trinajstić information content (AvgIpc) is 2.64. The Kier molecular flexibility index (Phi) is 6.78. The van der Waals surface area contributed by atoms with Gasteiger partial charge in [-0.1, -0.05) is 0 Å². The quantitative estimate of drug-likeness (QED) is 0.784. The highest BCUT2D eigenvalue weighted by atomic mass is 19.1. The Morgan fingerprint density at radius 3 is 2.41 bits per heavy atom. The average molecular weight is 408 g/mol. The van der Waals surface area contributed by atoms with Gasteiger partial charge in [0.05, 0.1) is 6.54 Å². The van der Waals surface area contributed by atoms with Crippen molar-refractivity contribution >= 4 is 29.5 Å². The Labute approximate surface area is 168 Å². The number of hydrogen-bond donors (Lipinski definition) is 2. The summed E-state index contributed by atoms with van der Waals surface area (Å²) >= 11 is 0. The fourth-order valence-electron chi connectivity index (χ4n) is 3.07. The Morgan fingerprint density at radius 2 is 1.86 bits per heavy atom. The van der Waals surface area contributed by atoms with Gasteiger partial charge in [-0.15, -0.1) is 0 Å². The van der Waals surface area contributed by atoms with Crippen molar-refractivity contribution in [3.8, 4) is 0 Å². The molecule has 4 amide bonds. The second kappa shape index (κ2) is 8.89. The van der Waals surface area contributed by atoms with Crippen molar-refractivity contribution in [1.82, 2.24) is 14.7 Å². The van der Waals surface area contributed by atoms with E-state index in [1.807, 2.05) is 0 Å². The van der Waals surface area contributed by atoms with E-state index in [0.717, 1.165) is 17.0 Å². The second-order valence-electron chi connectivity index (χ2n) is 7.20. The summed E-state index contributed by atoms with van der Waals surface area (Å²) < 4.78 is 13.9. The van der Waals surface area contributed by atoms with Crippen LogP contribution in [0.2, 0.25) is 0 Å². The molecule has 1 fully saturated rings. The first-order chi connectivity index (χ1) is 13.5. The summed E-state index contributed by atoms with van der Waals surface area (Å²) in [6.07, 6.45) is -1.24. The van der Waals surface area contributed by atoms with Gasteiger partial charge in [0, 0.05) is 44.4 Å². The fourth-order valence-corrected chi connectivity index (χ4v) is 3.07. The largest absolute Gasteiger partial charge is 0.465 e. The molecule has 0 aromatic heterocycles. The summed E-state index contributed by atoms with van der Waals surface area (Å²) in [7, 11) is 1.57. The molecule has 1 aliphatic rings. The monoisotopic (exact) mass is 408 g/mol. The summed E-state index contributed by atoms with van der Waals surface area (Å²) in [6.45, 7) is 4.73. The first kappa shape index (κ1) is 22.1. The first-order valence-corrected chi connectivity index (χ1v) is 9.15. The van der Waals surface area contributed by atoms with Crippen LogP contribution in [0.1, 0.15) is 31.1 Å². The van der Waals surface area contributed by atoms with Crippen LogP contribution in [0.25, 0.3) is 0 Å². The summed E-state index contributed by atoms with van der Waals surface area (Å²) in [5.74, 6) is -2.08. The Bertz CT molecular complexity index is 829. The van der Waals surface area contributed by atoms with Crippen LogP contribution in [0.15, 0.2) is 18.2 Å². The van der Waals surface area contributed by atoms with Crippen molar-refractivity contribution in [3.05, 3.63) is 29.6 Å². The second-order valence-corrected chi connectivity index (χ2v) is 7.20. The number of amides is 4. The molecule has 29 heavy (non-hydrogen) atoms. The van der Waals surface area contributed by atoms with Crippen molar-refractivity contribution in [3.63, 3.8) is 0 Å². The maximum Gasteiger partial charge on any atom is 0.408 e. The number of nitrogens with one attached hydrogen (secondary N) is 1. The third-order valence-electron chi connectivity index (χ3n) is 4.79. The van der Waals surface area contributed by atoms with E-state index in [-0.39, 0.29) is 36.9 Å². The van der Waals surface area contributed by atoms with E-state index in [2.05, 4.69) is 5.32 Å². The zero-order chi connectivity index (χ0) is 21.9. The lowest BCUT2D eigenvalue weighted by atomic mass is 10.1. The van der Waals surface area contributed by atoms with Crippen LogP contribution in [-0.2, 0) is 9.59 Å². The number of likely N-dealkylation sites (N-methyl/N-ethyl adjacent to an activating group) is 1. The summed E-state index contributed by atoms with van der Waals surface area (Å²) in [5, 5.41) is 11.9. The van der Waals surface area contributed by atoms with E-state index >= 15 is 0 Å². The van der Waals surface area contributed by atoms with Gasteiger partial charge in [0.25, 0.3) is 5.91 Å². The number of rotatable bonds is 4. The number of anilines is 1. The van der Waals surface area contributed by atoms with E-state index in [1.54, 1.807) is 20.9 Å². The van der Waals surface area contributed by atoms with Crippen molar-refractivity contribution in [2.75, 3.05) is 32.0 Å². The van der Waals surface area contributed by atoms with Gasteiger partial charge in [-0.3, -0.25) is 19.3 Å². The summed E-state index contributed by atoms with van der Waals surface area (Å²) in [5.41, 5.74) is 0.137. The van der Waals surface area contributed by atoms with E-state index in [0.29, 0.717) is 0 Å². The minimum absolute atomic E-state index is 0.000869. The molecule has 9 nitrogen and oxygen atoms in total. The molecule has 0 radical (unpaired) electrons. The topological polar surface area (TPSA) is 110 Å². The molecule has 1 aliphatic heterocycles. The molecule has 0 aliphatic carbocycles. The predicted molar refractivity (Wildman–Crippen MR) is 103 cm³/mol. The SMILES string of the molecule is CC(=O)Nc1cc(F)cc(C(=O)N2CCN(C(=O)O)[C@H](C(=O)N(C)C(C)C)C2)c1. The Hall–Kier alpha value is -3.17. The molecule has 1 saturated heterocycles. The number of carbonyl (C=O) groups is 4. The highest BCUT2D eigenvalue weighted by molar-refractivity contribution is 5.97. The van der Waals surface area contributed by atoms with Gasteiger partial charge in [-0.25, -0.2) is 9.18 Å².